The molecule has 1 fully saturated rings. The van der Waals surface area contributed by atoms with E-state index >= 15 is 0 Å². The van der Waals surface area contributed by atoms with Crippen LogP contribution in [0.3, 0.4) is 0 Å². The molecule has 1 saturated carbocycles. The first-order chi connectivity index (χ1) is 10.1. The molecule has 0 bridgehead atoms. The molecule has 5 heteroatoms. The van der Waals surface area contributed by atoms with E-state index in [1.165, 1.54) is 18.6 Å². The molecule has 1 amide bonds. The second-order valence-electron chi connectivity index (χ2n) is 5.28. The maximum absolute atomic E-state index is 12.2. The molecule has 2 rings (SSSR count). The number of carbonyl (C=O) groups is 2. The third kappa shape index (κ3) is 4.05. The highest BCUT2D eigenvalue weighted by atomic mass is 35.5. The smallest absolute Gasteiger partial charge is 0.245 e. The number of nitriles is 1. The van der Waals surface area contributed by atoms with Crippen molar-refractivity contribution in [2.45, 2.75) is 38.1 Å². The monoisotopic (exact) mass is 304 g/mol. The third-order valence-corrected chi connectivity index (χ3v) is 3.99. The summed E-state index contributed by atoms with van der Waals surface area (Å²) in [6.45, 7) is 0. The average Bonchev–Trinajstić information content (AvgIpc) is 2.49. The van der Waals surface area contributed by atoms with Crippen molar-refractivity contribution < 1.29 is 9.59 Å². The lowest BCUT2D eigenvalue weighted by Gasteiger charge is -2.23. The molecule has 1 atom stereocenters. The van der Waals surface area contributed by atoms with Gasteiger partial charge in [-0.1, -0.05) is 30.9 Å². The van der Waals surface area contributed by atoms with Crippen LogP contribution in [0.5, 0.6) is 0 Å². The molecular weight excluding hydrogens is 288 g/mol. The Bertz CT molecular complexity index is 557. The zero-order valence-corrected chi connectivity index (χ0v) is 12.4. The van der Waals surface area contributed by atoms with Crippen LogP contribution in [0.1, 0.15) is 42.5 Å². The fraction of sp³-hybridized carbons (Fsp3) is 0.438. The van der Waals surface area contributed by atoms with E-state index in [1.807, 2.05) is 6.07 Å². The summed E-state index contributed by atoms with van der Waals surface area (Å²) in [5.41, 5.74) is 0.324. The number of hydrogen-bond acceptors (Lipinski definition) is 3. The standard InChI is InChI=1S/C16H17ClN2O2/c17-12-8-6-11(7-9-12)15(20)14(10-18)16(21)19-13-4-2-1-3-5-13/h6-9,13-14H,1-5H2,(H,19,21)/t14-/m0/s1. The van der Waals surface area contributed by atoms with Crippen LogP contribution < -0.4 is 5.32 Å². The number of hydrogen-bond donors (Lipinski definition) is 1. The van der Waals surface area contributed by atoms with Gasteiger partial charge < -0.3 is 5.32 Å². The molecule has 1 aromatic rings. The highest BCUT2D eigenvalue weighted by molar-refractivity contribution is 6.30. The second kappa shape index (κ2) is 7.24. The van der Waals surface area contributed by atoms with Crippen LogP contribution in [-0.2, 0) is 4.79 Å². The zero-order chi connectivity index (χ0) is 15.2. The molecule has 1 N–H and O–H groups in total. The molecule has 0 unspecified atom stereocenters. The molecule has 0 radical (unpaired) electrons. The van der Waals surface area contributed by atoms with E-state index in [0.29, 0.717) is 10.6 Å². The van der Waals surface area contributed by atoms with E-state index in [9.17, 15) is 9.59 Å². The predicted molar refractivity (Wildman–Crippen MR) is 79.9 cm³/mol. The van der Waals surface area contributed by atoms with E-state index in [-0.39, 0.29) is 6.04 Å². The van der Waals surface area contributed by atoms with E-state index in [4.69, 9.17) is 16.9 Å². The first kappa shape index (κ1) is 15.5. The minimum atomic E-state index is -1.30. The molecule has 4 nitrogen and oxygen atoms in total. The number of ketones is 1. The number of carbonyl (C=O) groups excluding carboxylic acids is 2. The lowest BCUT2D eigenvalue weighted by atomic mass is 9.93. The minimum absolute atomic E-state index is 0.0834. The van der Waals surface area contributed by atoms with E-state index in [0.717, 1.165) is 25.7 Å². The second-order valence-corrected chi connectivity index (χ2v) is 5.71. The summed E-state index contributed by atoms with van der Waals surface area (Å²) >= 11 is 5.77. The molecule has 0 aliphatic heterocycles. The van der Waals surface area contributed by atoms with Gasteiger partial charge in [0.05, 0.1) is 6.07 Å². The largest absolute Gasteiger partial charge is 0.352 e. The van der Waals surface area contributed by atoms with Crippen LogP contribution >= 0.6 is 11.6 Å². The SMILES string of the molecule is N#C[C@H](C(=O)NC1CCCCC1)C(=O)c1ccc(Cl)cc1. The van der Waals surface area contributed by atoms with Gasteiger partial charge in [-0.3, -0.25) is 9.59 Å². The Hall–Kier alpha value is -1.86. The van der Waals surface area contributed by atoms with Crippen LogP contribution in [-0.4, -0.2) is 17.7 Å². The molecule has 0 spiro atoms. The predicted octanol–water partition coefficient (Wildman–Crippen LogP) is 3.11. The minimum Gasteiger partial charge on any atom is -0.352 e. The number of nitrogens with one attached hydrogen (secondary N) is 1. The highest BCUT2D eigenvalue weighted by Gasteiger charge is 2.29. The molecule has 0 aromatic heterocycles. The molecule has 0 saturated heterocycles. The summed E-state index contributed by atoms with van der Waals surface area (Å²) in [7, 11) is 0. The number of nitrogens with zero attached hydrogens (tertiary/aromatic N) is 1. The zero-order valence-electron chi connectivity index (χ0n) is 11.6. The fourth-order valence-corrected chi connectivity index (χ4v) is 2.67. The molecule has 1 aliphatic carbocycles. The molecule has 0 heterocycles. The van der Waals surface area contributed by atoms with E-state index in [1.54, 1.807) is 12.1 Å². The van der Waals surface area contributed by atoms with Gasteiger partial charge in [-0.25, -0.2) is 0 Å². The molecular formula is C16H17ClN2O2. The van der Waals surface area contributed by atoms with Crippen molar-refractivity contribution in [2.24, 2.45) is 5.92 Å². The molecule has 21 heavy (non-hydrogen) atoms. The Balaban J connectivity index is 2.04. The summed E-state index contributed by atoms with van der Waals surface area (Å²) in [6, 6.07) is 8.10. The van der Waals surface area contributed by atoms with Crippen molar-refractivity contribution in [1.29, 1.82) is 5.26 Å². The summed E-state index contributed by atoms with van der Waals surface area (Å²) in [4.78, 5) is 24.4. The third-order valence-electron chi connectivity index (χ3n) is 3.73. The number of benzene rings is 1. The number of amides is 1. The van der Waals surface area contributed by atoms with Gasteiger partial charge in [-0.05, 0) is 37.1 Å². The van der Waals surface area contributed by atoms with Crippen LogP contribution in [0.25, 0.3) is 0 Å². The van der Waals surface area contributed by atoms with Gasteiger partial charge in [-0.15, -0.1) is 0 Å². The first-order valence-corrected chi connectivity index (χ1v) is 7.49. The van der Waals surface area contributed by atoms with Crippen LogP contribution in [0.4, 0.5) is 0 Å². The van der Waals surface area contributed by atoms with Crippen molar-refractivity contribution >= 4 is 23.3 Å². The Morgan fingerprint density at radius 3 is 2.38 bits per heavy atom. The summed E-state index contributed by atoms with van der Waals surface area (Å²) in [5.74, 6) is -2.28. The topological polar surface area (TPSA) is 70.0 Å². The fourth-order valence-electron chi connectivity index (χ4n) is 2.55. The Morgan fingerprint density at radius 1 is 1.19 bits per heavy atom. The Kier molecular flexibility index (Phi) is 5.35. The van der Waals surface area contributed by atoms with Crippen molar-refractivity contribution in [3.05, 3.63) is 34.9 Å². The quantitative estimate of drug-likeness (QED) is 0.686. The van der Waals surface area contributed by atoms with Gasteiger partial charge in [0.15, 0.2) is 11.7 Å². The Labute approximate surface area is 129 Å². The highest BCUT2D eigenvalue weighted by Crippen LogP contribution is 2.19. The van der Waals surface area contributed by atoms with Gasteiger partial charge >= 0.3 is 0 Å². The molecule has 1 aliphatic rings. The van der Waals surface area contributed by atoms with Crippen molar-refractivity contribution in [1.82, 2.24) is 5.32 Å². The van der Waals surface area contributed by atoms with Gasteiger partial charge in [0.1, 0.15) is 0 Å². The first-order valence-electron chi connectivity index (χ1n) is 7.11. The Morgan fingerprint density at radius 2 is 1.81 bits per heavy atom. The van der Waals surface area contributed by atoms with Gasteiger partial charge in [0.25, 0.3) is 0 Å². The molecule has 110 valence electrons. The molecule has 1 aromatic carbocycles. The number of halogens is 1. The van der Waals surface area contributed by atoms with Crippen LogP contribution in [0.2, 0.25) is 5.02 Å². The van der Waals surface area contributed by atoms with E-state index in [2.05, 4.69) is 5.32 Å². The lowest BCUT2D eigenvalue weighted by Crippen LogP contribution is -2.42. The van der Waals surface area contributed by atoms with Gasteiger partial charge in [-0.2, -0.15) is 5.26 Å². The summed E-state index contributed by atoms with van der Waals surface area (Å²) in [5, 5.41) is 12.5. The number of rotatable bonds is 4. The van der Waals surface area contributed by atoms with Gasteiger partial charge in [0.2, 0.25) is 5.91 Å². The van der Waals surface area contributed by atoms with Crippen molar-refractivity contribution in [2.75, 3.05) is 0 Å². The maximum atomic E-state index is 12.2. The summed E-state index contributed by atoms with van der Waals surface area (Å²) < 4.78 is 0. The normalized spacial score (nSPS) is 16.8. The summed E-state index contributed by atoms with van der Waals surface area (Å²) in [6.07, 6.45) is 5.16. The van der Waals surface area contributed by atoms with Crippen molar-refractivity contribution in [3.8, 4) is 6.07 Å². The lowest BCUT2D eigenvalue weighted by molar-refractivity contribution is -0.123. The van der Waals surface area contributed by atoms with Gasteiger partial charge in [0, 0.05) is 16.6 Å². The maximum Gasteiger partial charge on any atom is 0.245 e. The number of Topliss-reactive ketones (excluding diaryl/α,β-unsaturated/α-hetero) is 1. The van der Waals surface area contributed by atoms with E-state index < -0.39 is 17.6 Å². The average molecular weight is 305 g/mol. The van der Waals surface area contributed by atoms with Crippen LogP contribution in [0, 0.1) is 17.2 Å². The van der Waals surface area contributed by atoms with Crippen LogP contribution in [0.15, 0.2) is 24.3 Å². The van der Waals surface area contributed by atoms with Crippen molar-refractivity contribution in [3.63, 3.8) is 0 Å².